The quantitative estimate of drug-likeness (QED) is 0.793. The van der Waals surface area contributed by atoms with Gasteiger partial charge < -0.3 is 16.0 Å². The molecule has 0 aromatic heterocycles. The minimum atomic E-state index is -0.311. The number of anilines is 1. The molecule has 0 radical (unpaired) electrons. The van der Waals surface area contributed by atoms with Gasteiger partial charge in [0.2, 0.25) is 5.91 Å². The molecule has 2 rings (SSSR count). The SMILES string of the molecule is Cc1cc(N(C)CC(N)=O)ccc1CNC1CC1. The number of likely N-dealkylation sites (N-methyl/N-ethyl adjacent to an activating group) is 1. The van der Waals surface area contributed by atoms with Crippen molar-refractivity contribution in [3.05, 3.63) is 29.3 Å². The largest absolute Gasteiger partial charge is 0.368 e. The normalized spacial score (nSPS) is 14.6. The summed E-state index contributed by atoms with van der Waals surface area (Å²) in [4.78, 5) is 12.8. The Bertz CT molecular complexity index is 441. The van der Waals surface area contributed by atoms with Gasteiger partial charge in [-0.1, -0.05) is 6.07 Å². The summed E-state index contributed by atoms with van der Waals surface area (Å²) < 4.78 is 0. The summed E-state index contributed by atoms with van der Waals surface area (Å²) in [6.07, 6.45) is 2.61. The molecule has 1 saturated carbocycles. The van der Waals surface area contributed by atoms with Gasteiger partial charge in [0.15, 0.2) is 0 Å². The smallest absolute Gasteiger partial charge is 0.236 e. The average Bonchev–Trinajstić information content (AvgIpc) is 3.10. The van der Waals surface area contributed by atoms with Crippen molar-refractivity contribution in [2.75, 3.05) is 18.5 Å². The summed E-state index contributed by atoms with van der Waals surface area (Å²) in [6.45, 7) is 3.28. The zero-order valence-electron chi connectivity index (χ0n) is 11.1. The van der Waals surface area contributed by atoms with E-state index in [1.54, 1.807) is 0 Å². The van der Waals surface area contributed by atoms with Crippen molar-refractivity contribution >= 4 is 11.6 Å². The third-order valence-electron chi connectivity index (χ3n) is 3.32. The molecular formula is C14H21N3O. The highest BCUT2D eigenvalue weighted by Crippen LogP contribution is 2.21. The molecule has 1 aliphatic rings. The van der Waals surface area contributed by atoms with Crippen LogP contribution < -0.4 is 16.0 Å². The van der Waals surface area contributed by atoms with Crippen LogP contribution in [0.15, 0.2) is 18.2 Å². The lowest BCUT2D eigenvalue weighted by atomic mass is 10.1. The topological polar surface area (TPSA) is 58.4 Å². The average molecular weight is 247 g/mol. The number of aryl methyl sites for hydroxylation is 1. The van der Waals surface area contributed by atoms with E-state index >= 15 is 0 Å². The van der Waals surface area contributed by atoms with Gasteiger partial charge in [-0.25, -0.2) is 0 Å². The first-order valence-electron chi connectivity index (χ1n) is 6.38. The maximum atomic E-state index is 10.9. The molecular weight excluding hydrogens is 226 g/mol. The molecule has 1 aliphatic carbocycles. The van der Waals surface area contributed by atoms with E-state index in [0.29, 0.717) is 0 Å². The van der Waals surface area contributed by atoms with Crippen LogP contribution in [0.3, 0.4) is 0 Å². The van der Waals surface area contributed by atoms with Crippen molar-refractivity contribution < 1.29 is 4.79 Å². The van der Waals surface area contributed by atoms with Gasteiger partial charge in [0, 0.05) is 25.3 Å². The Labute approximate surface area is 108 Å². The molecule has 1 amide bonds. The fraction of sp³-hybridized carbons (Fsp3) is 0.500. The monoisotopic (exact) mass is 247 g/mol. The summed E-state index contributed by atoms with van der Waals surface area (Å²) in [6, 6.07) is 6.99. The van der Waals surface area contributed by atoms with Crippen LogP contribution in [0.4, 0.5) is 5.69 Å². The van der Waals surface area contributed by atoms with E-state index in [9.17, 15) is 4.79 Å². The highest BCUT2D eigenvalue weighted by molar-refractivity contribution is 5.79. The predicted octanol–water partition coefficient (Wildman–Crippen LogP) is 1.17. The standard InChI is InChI=1S/C14H21N3O/c1-10-7-13(17(2)9-14(15)18)6-3-11(10)8-16-12-4-5-12/h3,6-7,12,16H,4-5,8-9H2,1-2H3,(H2,15,18). The van der Waals surface area contributed by atoms with Gasteiger partial charge in [0.25, 0.3) is 0 Å². The summed E-state index contributed by atoms with van der Waals surface area (Å²) in [7, 11) is 1.88. The third kappa shape index (κ3) is 3.47. The molecule has 1 fully saturated rings. The van der Waals surface area contributed by atoms with E-state index in [-0.39, 0.29) is 12.5 Å². The molecule has 3 N–H and O–H groups in total. The van der Waals surface area contributed by atoms with Crippen LogP contribution in [-0.4, -0.2) is 25.5 Å². The molecule has 1 aromatic carbocycles. The van der Waals surface area contributed by atoms with Crippen LogP contribution >= 0.6 is 0 Å². The van der Waals surface area contributed by atoms with Crippen LogP contribution in [0.1, 0.15) is 24.0 Å². The summed E-state index contributed by atoms with van der Waals surface area (Å²) >= 11 is 0. The fourth-order valence-electron chi connectivity index (χ4n) is 1.98. The molecule has 0 heterocycles. The number of primary amides is 1. The van der Waals surface area contributed by atoms with Crippen LogP contribution in [-0.2, 0) is 11.3 Å². The van der Waals surface area contributed by atoms with Crippen molar-refractivity contribution in [3.8, 4) is 0 Å². The molecule has 1 aromatic rings. The van der Waals surface area contributed by atoms with Gasteiger partial charge in [-0.2, -0.15) is 0 Å². The molecule has 0 atom stereocenters. The van der Waals surface area contributed by atoms with Crippen molar-refractivity contribution in [3.63, 3.8) is 0 Å². The minimum Gasteiger partial charge on any atom is -0.368 e. The summed E-state index contributed by atoms with van der Waals surface area (Å²) in [5.74, 6) is -0.311. The van der Waals surface area contributed by atoms with Crippen LogP contribution in [0.25, 0.3) is 0 Å². The number of amides is 1. The van der Waals surface area contributed by atoms with E-state index in [2.05, 4.69) is 24.4 Å². The number of carbonyl (C=O) groups excluding carboxylic acids is 1. The van der Waals surface area contributed by atoms with E-state index in [1.165, 1.54) is 24.0 Å². The van der Waals surface area contributed by atoms with Gasteiger partial charge in [0.05, 0.1) is 6.54 Å². The maximum Gasteiger partial charge on any atom is 0.236 e. The highest BCUT2D eigenvalue weighted by Gasteiger charge is 2.20. The number of hydrogen-bond acceptors (Lipinski definition) is 3. The number of benzene rings is 1. The number of nitrogens with two attached hydrogens (primary N) is 1. The number of hydrogen-bond donors (Lipinski definition) is 2. The summed E-state index contributed by atoms with van der Waals surface area (Å²) in [5.41, 5.74) is 8.79. The van der Waals surface area contributed by atoms with Gasteiger partial charge in [0.1, 0.15) is 0 Å². The predicted molar refractivity (Wildman–Crippen MR) is 73.5 cm³/mol. The highest BCUT2D eigenvalue weighted by atomic mass is 16.1. The Kier molecular flexibility index (Phi) is 3.87. The Morgan fingerprint density at radius 2 is 2.22 bits per heavy atom. The summed E-state index contributed by atoms with van der Waals surface area (Å²) in [5, 5.41) is 3.51. The van der Waals surface area contributed by atoms with Crippen molar-refractivity contribution in [1.29, 1.82) is 0 Å². The van der Waals surface area contributed by atoms with E-state index in [4.69, 9.17) is 5.73 Å². The van der Waals surface area contributed by atoms with Crippen LogP contribution in [0.2, 0.25) is 0 Å². The minimum absolute atomic E-state index is 0.249. The van der Waals surface area contributed by atoms with Crippen LogP contribution in [0.5, 0.6) is 0 Å². The van der Waals surface area contributed by atoms with Gasteiger partial charge in [-0.05, 0) is 43.0 Å². The van der Waals surface area contributed by atoms with Crippen molar-refractivity contribution in [2.45, 2.75) is 32.4 Å². The van der Waals surface area contributed by atoms with Crippen molar-refractivity contribution in [2.24, 2.45) is 5.73 Å². The Hall–Kier alpha value is -1.55. The second kappa shape index (κ2) is 5.40. The van der Waals surface area contributed by atoms with E-state index < -0.39 is 0 Å². The molecule has 0 spiro atoms. The van der Waals surface area contributed by atoms with Crippen molar-refractivity contribution in [1.82, 2.24) is 5.32 Å². The molecule has 18 heavy (non-hydrogen) atoms. The first-order chi connectivity index (χ1) is 8.56. The second-order valence-electron chi connectivity index (χ2n) is 5.09. The lowest BCUT2D eigenvalue weighted by Crippen LogP contribution is -2.30. The molecule has 4 nitrogen and oxygen atoms in total. The Morgan fingerprint density at radius 1 is 1.50 bits per heavy atom. The zero-order valence-corrected chi connectivity index (χ0v) is 11.1. The number of nitrogens with zero attached hydrogens (tertiary/aromatic N) is 1. The Morgan fingerprint density at radius 3 is 2.78 bits per heavy atom. The lowest BCUT2D eigenvalue weighted by Gasteiger charge is -2.19. The first-order valence-corrected chi connectivity index (χ1v) is 6.38. The van der Waals surface area contributed by atoms with Crippen LogP contribution in [0, 0.1) is 6.92 Å². The van der Waals surface area contributed by atoms with Gasteiger partial charge in [-0.3, -0.25) is 4.79 Å². The number of nitrogens with one attached hydrogen (secondary N) is 1. The third-order valence-corrected chi connectivity index (χ3v) is 3.32. The van der Waals surface area contributed by atoms with Gasteiger partial charge >= 0.3 is 0 Å². The molecule has 0 aliphatic heterocycles. The molecule has 0 bridgehead atoms. The number of carbonyl (C=O) groups is 1. The van der Waals surface area contributed by atoms with Gasteiger partial charge in [-0.15, -0.1) is 0 Å². The second-order valence-corrected chi connectivity index (χ2v) is 5.09. The zero-order chi connectivity index (χ0) is 13.1. The maximum absolute atomic E-state index is 10.9. The molecule has 4 heteroatoms. The molecule has 0 unspecified atom stereocenters. The Balaban J connectivity index is 2.00. The number of rotatable bonds is 6. The first kappa shape index (κ1) is 12.9. The molecule has 0 saturated heterocycles. The van der Waals surface area contributed by atoms with E-state index in [0.717, 1.165) is 18.3 Å². The fourth-order valence-corrected chi connectivity index (χ4v) is 1.98. The molecule has 98 valence electrons. The lowest BCUT2D eigenvalue weighted by molar-refractivity contribution is -0.116. The van der Waals surface area contributed by atoms with E-state index in [1.807, 2.05) is 18.0 Å².